The van der Waals surface area contributed by atoms with Gasteiger partial charge in [-0.25, -0.2) is 4.99 Å². The number of nitro groups is 1. The number of benzene rings is 1. The number of non-ortho nitro benzene ring substituents is 1. The van der Waals surface area contributed by atoms with Crippen molar-refractivity contribution >= 4 is 11.6 Å². The van der Waals surface area contributed by atoms with Gasteiger partial charge in [-0.2, -0.15) is 0 Å². The Bertz CT molecular complexity index is 653. The molecule has 8 heteroatoms. The van der Waals surface area contributed by atoms with E-state index in [-0.39, 0.29) is 5.69 Å². The maximum absolute atomic E-state index is 10.7. The topological polar surface area (TPSA) is 102 Å². The molecule has 0 aliphatic carbocycles. The number of hydrogen-bond acceptors (Lipinski definition) is 5. The second-order valence-corrected chi connectivity index (χ2v) is 4.94. The summed E-state index contributed by atoms with van der Waals surface area (Å²) in [4.78, 5) is 14.7. The number of ether oxygens (including phenoxy) is 1. The highest BCUT2D eigenvalue weighted by Gasteiger charge is 2.04. The van der Waals surface area contributed by atoms with Gasteiger partial charge in [0.2, 0.25) is 0 Å². The third-order valence-electron chi connectivity index (χ3n) is 3.18. The SMILES string of the molecule is COCCNC(=NCc1ccc([N+](=O)[O-])cc1)NCc1ccco1. The summed E-state index contributed by atoms with van der Waals surface area (Å²) in [5, 5.41) is 17.0. The zero-order valence-corrected chi connectivity index (χ0v) is 13.4. The third-order valence-corrected chi connectivity index (χ3v) is 3.18. The van der Waals surface area contributed by atoms with E-state index in [1.807, 2.05) is 12.1 Å². The summed E-state index contributed by atoms with van der Waals surface area (Å²) >= 11 is 0. The predicted octanol–water partition coefficient (Wildman–Crippen LogP) is 2.07. The Kier molecular flexibility index (Phi) is 6.78. The van der Waals surface area contributed by atoms with Gasteiger partial charge in [-0.1, -0.05) is 12.1 Å². The first kappa shape index (κ1) is 17.5. The van der Waals surface area contributed by atoms with Gasteiger partial charge in [0, 0.05) is 25.8 Å². The smallest absolute Gasteiger partial charge is 0.269 e. The van der Waals surface area contributed by atoms with E-state index in [2.05, 4.69) is 15.6 Å². The Morgan fingerprint density at radius 1 is 1.29 bits per heavy atom. The van der Waals surface area contributed by atoms with Crippen LogP contribution in [0.3, 0.4) is 0 Å². The molecule has 0 aliphatic rings. The summed E-state index contributed by atoms with van der Waals surface area (Å²) in [6.45, 7) is 2.07. The normalized spacial score (nSPS) is 11.3. The van der Waals surface area contributed by atoms with Crippen LogP contribution in [-0.4, -0.2) is 31.1 Å². The average molecular weight is 332 g/mol. The molecule has 8 nitrogen and oxygen atoms in total. The highest BCUT2D eigenvalue weighted by Crippen LogP contribution is 2.12. The summed E-state index contributed by atoms with van der Waals surface area (Å²) in [5.41, 5.74) is 0.948. The molecule has 0 fully saturated rings. The van der Waals surface area contributed by atoms with Gasteiger partial charge in [0.05, 0.1) is 30.9 Å². The van der Waals surface area contributed by atoms with Gasteiger partial charge in [0.25, 0.3) is 5.69 Å². The highest BCUT2D eigenvalue weighted by atomic mass is 16.6. The quantitative estimate of drug-likeness (QED) is 0.252. The molecular weight excluding hydrogens is 312 g/mol. The Balaban J connectivity index is 1.95. The Morgan fingerprint density at radius 2 is 2.08 bits per heavy atom. The molecule has 0 saturated carbocycles. The van der Waals surface area contributed by atoms with Crippen LogP contribution >= 0.6 is 0 Å². The molecule has 2 aromatic rings. The molecule has 128 valence electrons. The van der Waals surface area contributed by atoms with Gasteiger partial charge >= 0.3 is 0 Å². The lowest BCUT2D eigenvalue weighted by Crippen LogP contribution is -2.38. The van der Waals surface area contributed by atoms with E-state index in [4.69, 9.17) is 9.15 Å². The largest absolute Gasteiger partial charge is 0.467 e. The Morgan fingerprint density at radius 3 is 2.71 bits per heavy atom. The van der Waals surface area contributed by atoms with Gasteiger partial charge in [-0.05, 0) is 17.7 Å². The monoisotopic (exact) mass is 332 g/mol. The van der Waals surface area contributed by atoms with Crippen molar-refractivity contribution in [3.05, 3.63) is 64.1 Å². The van der Waals surface area contributed by atoms with Gasteiger partial charge in [0.15, 0.2) is 5.96 Å². The number of aliphatic imine (C=N–C) groups is 1. The van der Waals surface area contributed by atoms with Crippen molar-refractivity contribution < 1.29 is 14.1 Å². The summed E-state index contributed by atoms with van der Waals surface area (Å²) in [6.07, 6.45) is 1.61. The molecule has 0 amide bonds. The van der Waals surface area contributed by atoms with E-state index in [9.17, 15) is 10.1 Å². The maximum atomic E-state index is 10.7. The van der Waals surface area contributed by atoms with Crippen molar-refractivity contribution in [2.24, 2.45) is 4.99 Å². The van der Waals surface area contributed by atoms with Crippen LogP contribution in [0, 0.1) is 10.1 Å². The number of nitrogens with zero attached hydrogens (tertiary/aromatic N) is 2. The zero-order valence-electron chi connectivity index (χ0n) is 13.4. The average Bonchev–Trinajstić information content (AvgIpc) is 3.11. The summed E-state index contributed by atoms with van der Waals surface area (Å²) in [5.74, 6) is 1.41. The fourth-order valence-corrected chi connectivity index (χ4v) is 1.92. The number of hydrogen-bond donors (Lipinski definition) is 2. The summed E-state index contributed by atoms with van der Waals surface area (Å²) in [7, 11) is 1.63. The lowest BCUT2D eigenvalue weighted by atomic mass is 10.2. The highest BCUT2D eigenvalue weighted by molar-refractivity contribution is 5.79. The number of methoxy groups -OCH3 is 1. The van der Waals surface area contributed by atoms with Crippen molar-refractivity contribution in [1.82, 2.24) is 10.6 Å². The molecule has 1 aromatic heterocycles. The fourth-order valence-electron chi connectivity index (χ4n) is 1.92. The molecule has 2 rings (SSSR count). The zero-order chi connectivity index (χ0) is 17.2. The van der Waals surface area contributed by atoms with E-state index in [0.717, 1.165) is 11.3 Å². The van der Waals surface area contributed by atoms with Crippen LogP contribution in [-0.2, 0) is 17.8 Å². The van der Waals surface area contributed by atoms with Gasteiger partial charge in [0.1, 0.15) is 5.76 Å². The van der Waals surface area contributed by atoms with Crippen LogP contribution in [0.2, 0.25) is 0 Å². The first-order chi connectivity index (χ1) is 11.7. The van der Waals surface area contributed by atoms with E-state index in [0.29, 0.717) is 32.2 Å². The minimum absolute atomic E-state index is 0.0668. The molecule has 0 bridgehead atoms. The molecule has 0 atom stereocenters. The predicted molar refractivity (Wildman–Crippen MR) is 89.7 cm³/mol. The number of furan rings is 1. The fraction of sp³-hybridized carbons (Fsp3) is 0.312. The van der Waals surface area contributed by atoms with Gasteiger partial charge in [-0.15, -0.1) is 0 Å². The van der Waals surface area contributed by atoms with Crippen LogP contribution in [0.4, 0.5) is 5.69 Å². The van der Waals surface area contributed by atoms with Crippen molar-refractivity contribution in [1.29, 1.82) is 0 Å². The van der Waals surface area contributed by atoms with Crippen LogP contribution < -0.4 is 10.6 Å². The second kappa shape index (κ2) is 9.31. The molecular formula is C16H20N4O4. The van der Waals surface area contributed by atoms with Crippen LogP contribution in [0.5, 0.6) is 0 Å². The standard InChI is InChI=1S/C16H20N4O4/c1-23-10-8-17-16(19-12-15-3-2-9-24-15)18-11-13-4-6-14(7-5-13)20(21)22/h2-7,9H,8,10-12H2,1H3,(H2,17,18,19). The van der Waals surface area contributed by atoms with Crippen LogP contribution in [0.1, 0.15) is 11.3 Å². The van der Waals surface area contributed by atoms with Crippen molar-refractivity contribution in [2.45, 2.75) is 13.1 Å². The molecule has 0 radical (unpaired) electrons. The maximum Gasteiger partial charge on any atom is 0.269 e. The van der Waals surface area contributed by atoms with Crippen molar-refractivity contribution in [3.8, 4) is 0 Å². The van der Waals surface area contributed by atoms with E-state index >= 15 is 0 Å². The molecule has 0 aliphatic heterocycles. The van der Waals surface area contributed by atoms with Crippen LogP contribution in [0.25, 0.3) is 0 Å². The molecule has 0 spiro atoms. The molecule has 0 saturated heterocycles. The Labute approximate surface area is 139 Å². The molecule has 24 heavy (non-hydrogen) atoms. The van der Waals surface area contributed by atoms with E-state index in [1.165, 1.54) is 12.1 Å². The molecule has 2 N–H and O–H groups in total. The second-order valence-electron chi connectivity index (χ2n) is 4.94. The first-order valence-electron chi connectivity index (χ1n) is 7.46. The van der Waals surface area contributed by atoms with Crippen LogP contribution in [0.15, 0.2) is 52.1 Å². The minimum Gasteiger partial charge on any atom is -0.467 e. The number of guanidine groups is 1. The summed E-state index contributed by atoms with van der Waals surface area (Å²) in [6, 6.07) is 10.0. The third kappa shape index (κ3) is 5.73. The van der Waals surface area contributed by atoms with Crippen molar-refractivity contribution in [2.75, 3.05) is 20.3 Å². The lowest BCUT2D eigenvalue weighted by Gasteiger charge is -2.11. The number of nitro benzene ring substituents is 1. The minimum atomic E-state index is -0.421. The molecule has 1 heterocycles. The van der Waals surface area contributed by atoms with Gasteiger partial charge in [-0.3, -0.25) is 10.1 Å². The Hall–Kier alpha value is -2.87. The molecule has 1 aromatic carbocycles. The summed E-state index contributed by atoms with van der Waals surface area (Å²) < 4.78 is 10.3. The van der Waals surface area contributed by atoms with Gasteiger partial charge < -0.3 is 19.8 Å². The lowest BCUT2D eigenvalue weighted by molar-refractivity contribution is -0.384. The van der Waals surface area contributed by atoms with Crippen molar-refractivity contribution in [3.63, 3.8) is 0 Å². The first-order valence-corrected chi connectivity index (χ1v) is 7.46. The number of rotatable bonds is 8. The number of nitrogens with one attached hydrogen (secondary N) is 2. The molecule has 0 unspecified atom stereocenters. The van der Waals surface area contributed by atoms with E-state index < -0.39 is 4.92 Å². The van der Waals surface area contributed by atoms with E-state index in [1.54, 1.807) is 25.5 Å².